The Morgan fingerprint density at radius 2 is 0.875 bits per heavy atom. The number of primary amides is 2. The Hall–Kier alpha value is -8.42. The summed E-state index contributed by atoms with van der Waals surface area (Å²) in [7, 11) is 0. The number of nitrogens with two attached hydrogens (primary N) is 2. The molecule has 2 amide bonds. The highest BCUT2D eigenvalue weighted by molar-refractivity contribution is 6.12. The van der Waals surface area contributed by atoms with Gasteiger partial charge < -0.3 is 26.6 Å². The summed E-state index contributed by atoms with van der Waals surface area (Å²) >= 11 is 0. The number of piperidine rings is 1. The molecule has 0 aliphatic carbocycles. The lowest BCUT2D eigenvalue weighted by Crippen LogP contribution is -2.55. The molecule has 6 heterocycles. The third kappa shape index (κ3) is 8.45. The van der Waals surface area contributed by atoms with Crippen LogP contribution < -0.4 is 26.6 Å². The SMILES string of the molecule is C[C@@H]1CCC[C@H](C)N1c1ccc(-c2cnc3c(-c4ccc(C(N)=O)c5ccccc45)cnn3c2)cc1.C[C@@H]1CNC[C@H](C)N1c1ccc(-c2cnc3c(-c4ccc(C(N)=O)c5ccccc45)cnn3c2)cc1. The molecule has 13 heteroatoms. The van der Waals surface area contributed by atoms with Crippen molar-refractivity contribution in [3.8, 4) is 44.5 Å². The lowest BCUT2D eigenvalue weighted by atomic mass is 9.96. The van der Waals surface area contributed by atoms with Gasteiger partial charge in [0.05, 0.1) is 12.4 Å². The minimum Gasteiger partial charge on any atom is -0.366 e. The van der Waals surface area contributed by atoms with Crippen LogP contribution in [0.15, 0.2) is 159 Å². The normalized spacial score (nSPS) is 18.1. The summed E-state index contributed by atoms with van der Waals surface area (Å²) in [6.07, 6.45) is 15.3. The average molecular weight is 952 g/mol. The highest BCUT2D eigenvalue weighted by Gasteiger charge is 2.26. The Bertz CT molecular complexity index is 3400. The number of rotatable bonds is 8. The van der Waals surface area contributed by atoms with Gasteiger partial charge in [-0.15, -0.1) is 0 Å². The minimum atomic E-state index is -0.438. The third-order valence-electron chi connectivity index (χ3n) is 14.7. The molecule has 4 aromatic heterocycles. The number of amides is 2. The van der Waals surface area contributed by atoms with E-state index in [4.69, 9.17) is 21.4 Å². The van der Waals surface area contributed by atoms with Crippen LogP contribution in [0.4, 0.5) is 11.4 Å². The zero-order valence-corrected chi connectivity index (χ0v) is 40.9. The second-order valence-corrected chi connectivity index (χ2v) is 19.4. The summed E-state index contributed by atoms with van der Waals surface area (Å²) in [5.41, 5.74) is 24.2. The zero-order valence-electron chi connectivity index (χ0n) is 40.9. The number of aromatic nitrogens is 6. The van der Waals surface area contributed by atoms with Gasteiger partial charge >= 0.3 is 0 Å². The zero-order chi connectivity index (χ0) is 49.6. The average Bonchev–Trinajstić information content (AvgIpc) is 4.02. The fourth-order valence-electron chi connectivity index (χ4n) is 11.1. The first-order chi connectivity index (χ1) is 35.0. The summed E-state index contributed by atoms with van der Waals surface area (Å²) < 4.78 is 3.64. The van der Waals surface area contributed by atoms with Crippen LogP contribution in [0.5, 0.6) is 0 Å². The minimum absolute atomic E-state index is 0.435. The van der Waals surface area contributed by atoms with Crippen LogP contribution in [-0.4, -0.2) is 78.3 Å². The van der Waals surface area contributed by atoms with Gasteiger partial charge in [0.15, 0.2) is 11.3 Å². The van der Waals surface area contributed by atoms with Crippen molar-refractivity contribution in [1.29, 1.82) is 0 Å². The number of carbonyl (C=O) groups excluding carboxylic acids is 2. The van der Waals surface area contributed by atoms with Crippen molar-refractivity contribution in [3.05, 3.63) is 170 Å². The number of piperazine rings is 1. The molecule has 5 N–H and O–H groups in total. The highest BCUT2D eigenvalue weighted by atomic mass is 16.1. The van der Waals surface area contributed by atoms with Gasteiger partial charge in [0.1, 0.15) is 0 Å². The molecular formula is C59H57N11O2. The summed E-state index contributed by atoms with van der Waals surface area (Å²) in [6, 6.07) is 42.5. The maximum atomic E-state index is 11.9. The van der Waals surface area contributed by atoms with Crippen LogP contribution in [0.25, 0.3) is 77.3 Å². The molecule has 4 atom stereocenters. The van der Waals surface area contributed by atoms with Crippen LogP contribution in [-0.2, 0) is 0 Å². The van der Waals surface area contributed by atoms with Gasteiger partial charge in [0, 0.05) is 107 Å². The standard InChI is InChI=1S/C30H29N5O.C29H28N6O/c1-19-6-5-7-20(2)35(19)23-12-10-21(11-13-23)22-16-32-30-28(17-33-34(30)18-22)26-14-15-27(29(31)36)25-9-4-3-8-24(25)26;1-18-13-31-14-19(2)35(18)22-9-7-20(8-10-22)21-15-32-29-27(16-33-34(29)17-21)25-11-12-26(28(30)36)24-6-4-3-5-23(24)25/h3-4,8-20H,5-7H2,1-2H3,(H2,31,36);3-12,15-19,31H,13-14H2,1-2H3,(H2,30,36)/t19-,20+;18-,19+. The van der Waals surface area contributed by atoms with E-state index in [1.165, 1.54) is 30.6 Å². The smallest absolute Gasteiger partial charge is 0.249 e. The molecule has 6 aromatic carbocycles. The molecule has 0 bridgehead atoms. The van der Waals surface area contributed by atoms with Crippen molar-refractivity contribution >= 4 is 56.0 Å². The molecule has 12 rings (SSSR count). The number of hydrogen-bond acceptors (Lipinski definition) is 9. The topological polar surface area (TPSA) is 165 Å². The van der Waals surface area contributed by atoms with Crippen LogP contribution in [0.3, 0.4) is 0 Å². The molecule has 2 saturated heterocycles. The monoisotopic (exact) mass is 951 g/mol. The lowest BCUT2D eigenvalue weighted by Gasteiger charge is -2.41. The van der Waals surface area contributed by atoms with Crippen LogP contribution in [0.1, 0.15) is 67.7 Å². The number of anilines is 2. The molecule has 2 fully saturated rings. The summed E-state index contributed by atoms with van der Waals surface area (Å²) in [5, 5.41) is 16.3. The molecule has 0 saturated carbocycles. The van der Waals surface area contributed by atoms with Gasteiger partial charge in [-0.25, -0.2) is 19.0 Å². The molecule has 13 nitrogen and oxygen atoms in total. The van der Waals surface area contributed by atoms with E-state index in [2.05, 4.69) is 102 Å². The Kier molecular flexibility index (Phi) is 12.2. The van der Waals surface area contributed by atoms with E-state index in [-0.39, 0.29) is 0 Å². The van der Waals surface area contributed by atoms with Gasteiger partial charge in [-0.1, -0.05) is 84.9 Å². The third-order valence-corrected chi connectivity index (χ3v) is 14.7. The van der Waals surface area contributed by atoms with Gasteiger partial charge in [-0.2, -0.15) is 10.2 Å². The fraction of sp³-hybridized carbons (Fsp3) is 0.220. The van der Waals surface area contributed by atoms with Gasteiger partial charge in [0.2, 0.25) is 11.8 Å². The maximum absolute atomic E-state index is 11.9. The molecule has 360 valence electrons. The van der Waals surface area contributed by atoms with Crippen LogP contribution in [0.2, 0.25) is 0 Å². The van der Waals surface area contributed by atoms with E-state index in [1.807, 2.05) is 107 Å². The number of benzene rings is 6. The van der Waals surface area contributed by atoms with Crippen LogP contribution >= 0.6 is 0 Å². The Balaban J connectivity index is 0.000000156. The number of hydrogen-bond donors (Lipinski definition) is 3. The summed E-state index contributed by atoms with van der Waals surface area (Å²) in [6.45, 7) is 11.1. The first-order valence-electron chi connectivity index (χ1n) is 24.8. The van der Waals surface area contributed by atoms with E-state index >= 15 is 0 Å². The van der Waals surface area contributed by atoms with Crippen molar-refractivity contribution in [3.63, 3.8) is 0 Å². The largest absolute Gasteiger partial charge is 0.366 e. The van der Waals surface area contributed by atoms with E-state index in [9.17, 15) is 9.59 Å². The molecule has 2 aliphatic rings. The second kappa shape index (κ2) is 19.1. The van der Waals surface area contributed by atoms with Crippen molar-refractivity contribution in [2.24, 2.45) is 11.5 Å². The van der Waals surface area contributed by atoms with E-state index in [0.717, 1.165) is 90.4 Å². The first kappa shape index (κ1) is 46.0. The summed E-state index contributed by atoms with van der Waals surface area (Å²) in [4.78, 5) is 38.5. The lowest BCUT2D eigenvalue weighted by molar-refractivity contribution is 0.0993. The Morgan fingerprint density at radius 3 is 1.29 bits per heavy atom. The van der Waals surface area contributed by atoms with Crippen molar-refractivity contribution in [2.45, 2.75) is 71.1 Å². The molecule has 0 spiro atoms. The van der Waals surface area contributed by atoms with Crippen molar-refractivity contribution in [2.75, 3.05) is 22.9 Å². The molecule has 72 heavy (non-hydrogen) atoms. The second-order valence-electron chi connectivity index (χ2n) is 19.4. The quantitative estimate of drug-likeness (QED) is 0.134. The first-order valence-corrected chi connectivity index (χ1v) is 24.8. The van der Waals surface area contributed by atoms with E-state index in [0.29, 0.717) is 35.3 Å². The number of nitrogens with zero attached hydrogens (tertiary/aromatic N) is 8. The highest BCUT2D eigenvalue weighted by Crippen LogP contribution is 2.37. The molecule has 0 unspecified atom stereocenters. The van der Waals surface area contributed by atoms with Gasteiger partial charge in [0.25, 0.3) is 0 Å². The van der Waals surface area contributed by atoms with E-state index in [1.54, 1.807) is 12.1 Å². The molecular weight excluding hydrogens is 895 g/mol. The Morgan fingerprint density at radius 1 is 0.472 bits per heavy atom. The predicted octanol–water partition coefficient (Wildman–Crippen LogP) is 10.6. The Labute approximate surface area is 418 Å². The maximum Gasteiger partial charge on any atom is 0.249 e. The molecule has 10 aromatic rings. The van der Waals surface area contributed by atoms with Crippen molar-refractivity contribution in [1.82, 2.24) is 34.5 Å². The van der Waals surface area contributed by atoms with E-state index < -0.39 is 11.8 Å². The number of fused-ring (bicyclic) bond motifs is 4. The van der Waals surface area contributed by atoms with Crippen molar-refractivity contribution < 1.29 is 9.59 Å². The van der Waals surface area contributed by atoms with Gasteiger partial charge in [-0.05, 0) is 127 Å². The molecule has 0 radical (unpaired) electrons. The fourth-order valence-corrected chi connectivity index (χ4v) is 11.1. The number of nitrogens with one attached hydrogen (secondary N) is 1. The summed E-state index contributed by atoms with van der Waals surface area (Å²) in [5.74, 6) is -0.872. The van der Waals surface area contributed by atoms with Gasteiger partial charge in [-0.3, -0.25) is 9.59 Å². The van der Waals surface area contributed by atoms with Crippen LogP contribution in [0, 0.1) is 0 Å². The predicted molar refractivity (Wildman–Crippen MR) is 289 cm³/mol. The number of carbonyl (C=O) groups is 2. The molecule has 2 aliphatic heterocycles.